The van der Waals surface area contributed by atoms with Crippen molar-refractivity contribution in [3.05, 3.63) is 120 Å². The van der Waals surface area contributed by atoms with Crippen molar-refractivity contribution in [3.63, 3.8) is 0 Å². The molecule has 55 heavy (non-hydrogen) atoms. The first kappa shape index (κ1) is 37.7. The molecule has 3 heterocycles. The molecule has 4 aromatic carbocycles. The van der Waals surface area contributed by atoms with Crippen LogP contribution in [0.1, 0.15) is 48.9 Å². The van der Waals surface area contributed by atoms with E-state index < -0.39 is 24.2 Å². The standard InChI is InChI=1S/C44H48N6O5/c1-47(2)39(30-13-7-5-8-14-30)43(53)49-26-12-18-36(49)41(51)46-33-21-24-37-32(27-33)28-38(55-37)29-19-22-34(23-20-29)50(42(52)35-17-11-25-45-35)44(54)40(48(3)4)31-15-9-6-10-16-31/h5-10,13-16,19-24,27-28,35-36,39-40,45H,11-12,17-18,25-26H2,1-4H3,(H,46,51)/t35-,36-,39+,40+/m0/s1. The molecule has 2 aliphatic heterocycles. The Morgan fingerprint density at radius 2 is 1.42 bits per heavy atom. The number of hydrogen-bond donors (Lipinski definition) is 2. The Kier molecular flexibility index (Phi) is 11.2. The van der Waals surface area contributed by atoms with Gasteiger partial charge in [0.2, 0.25) is 11.8 Å². The quantitative estimate of drug-likeness (QED) is 0.163. The SMILES string of the molecule is CN(C)[C@@H](C(=O)N(C(=O)[C@@H]1CCCN1)c1ccc(-c2cc3cc(NC(=O)[C@@H]4CCCN4C(=O)[C@@H](c4ccccc4)N(C)C)ccc3o2)cc1)c1ccccc1. The number of likely N-dealkylation sites (tertiary alicyclic amines) is 1. The van der Waals surface area contributed by atoms with Crippen molar-refractivity contribution in [1.29, 1.82) is 0 Å². The Balaban J connectivity index is 1.09. The second-order valence-corrected chi connectivity index (χ2v) is 14.8. The Labute approximate surface area is 321 Å². The zero-order valence-electron chi connectivity index (χ0n) is 31.8. The Bertz CT molecular complexity index is 2140. The van der Waals surface area contributed by atoms with Crippen LogP contribution in [-0.4, -0.2) is 91.7 Å². The monoisotopic (exact) mass is 740 g/mol. The summed E-state index contributed by atoms with van der Waals surface area (Å²) in [4.78, 5) is 62.4. The minimum Gasteiger partial charge on any atom is -0.456 e. The second kappa shape index (κ2) is 16.4. The summed E-state index contributed by atoms with van der Waals surface area (Å²) in [7, 11) is 7.43. The van der Waals surface area contributed by atoms with E-state index >= 15 is 0 Å². The van der Waals surface area contributed by atoms with Crippen molar-refractivity contribution in [2.24, 2.45) is 0 Å². The van der Waals surface area contributed by atoms with Gasteiger partial charge in [-0.2, -0.15) is 0 Å². The number of carbonyl (C=O) groups is 4. The third-order valence-electron chi connectivity index (χ3n) is 10.6. The Hall–Kier alpha value is -5.62. The predicted octanol–water partition coefficient (Wildman–Crippen LogP) is 6.25. The first-order valence-corrected chi connectivity index (χ1v) is 18.9. The van der Waals surface area contributed by atoms with Crippen LogP contribution < -0.4 is 15.5 Å². The van der Waals surface area contributed by atoms with Crippen LogP contribution in [0.5, 0.6) is 0 Å². The summed E-state index contributed by atoms with van der Waals surface area (Å²) in [6.07, 6.45) is 2.88. The van der Waals surface area contributed by atoms with Crippen LogP contribution in [0.25, 0.3) is 22.3 Å². The average molecular weight is 741 g/mol. The number of carbonyl (C=O) groups excluding carboxylic acids is 4. The number of nitrogens with zero attached hydrogens (tertiary/aromatic N) is 4. The van der Waals surface area contributed by atoms with E-state index in [2.05, 4.69) is 10.6 Å². The van der Waals surface area contributed by atoms with E-state index in [-0.39, 0.29) is 23.6 Å². The zero-order valence-corrected chi connectivity index (χ0v) is 31.8. The number of likely N-dealkylation sites (N-methyl/N-ethyl adjacent to an activating group) is 2. The van der Waals surface area contributed by atoms with Gasteiger partial charge in [-0.1, -0.05) is 60.7 Å². The van der Waals surface area contributed by atoms with Gasteiger partial charge in [0.15, 0.2) is 0 Å². The van der Waals surface area contributed by atoms with Gasteiger partial charge < -0.3 is 20.0 Å². The van der Waals surface area contributed by atoms with Gasteiger partial charge in [0.25, 0.3) is 11.8 Å². The fraction of sp³-hybridized carbons (Fsp3) is 0.318. The molecule has 0 aliphatic carbocycles. The largest absolute Gasteiger partial charge is 0.456 e. The van der Waals surface area contributed by atoms with Gasteiger partial charge in [-0.3, -0.25) is 29.0 Å². The molecule has 11 heteroatoms. The summed E-state index contributed by atoms with van der Waals surface area (Å²) in [6.45, 7) is 1.26. The number of nitrogens with one attached hydrogen (secondary N) is 2. The first-order valence-electron chi connectivity index (χ1n) is 18.9. The van der Waals surface area contributed by atoms with E-state index in [4.69, 9.17) is 4.42 Å². The highest BCUT2D eigenvalue weighted by molar-refractivity contribution is 6.18. The molecule has 1 aromatic heterocycles. The van der Waals surface area contributed by atoms with Crippen LogP contribution in [0.2, 0.25) is 0 Å². The highest BCUT2D eigenvalue weighted by Gasteiger charge is 2.39. The molecular formula is C44H48N6O5. The minimum atomic E-state index is -0.655. The summed E-state index contributed by atoms with van der Waals surface area (Å²) in [5, 5.41) is 7.10. The molecule has 0 radical (unpaired) electrons. The number of fused-ring (bicyclic) bond motifs is 1. The summed E-state index contributed by atoms with van der Waals surface area (Å²) < 4.78 is 6.22. The minimum absolute atomic E-state index is 0.0874. The molecule has 11 nitrogen and oxygen atoms in total. The molecule has 0 saturated carbocycles. The molecular weight excluding hydrogens is 693 g/mol. The maximum Gasteiger partial charge on any atom is 0.255 e. The van der Waals surface area contributed by atoms with Crippen molar-refractivity contribution in [2.75, 3.05) is 51.5 Å². The number of imide groups is 1. The summed E-state index contributed by atoms with van der Waals surface area (Å²) in [6, 6.07) is 31.6. The topological polar surface area (TPSA) is 118 Å². The third kappa shape index (κ3) is 7.95. The van der Waals surface area contributed by atoms with Gasteiger partial charge in [0.05, 0.1) is 11.7 Å². The number of amides is 4. The van der Waals surface area contributed by atoms with Crippen LogP contribution in [0, 0.1) is 0 Å². The van der Waals surface area contributed by atoms with Crippen molar-refractivity contribution < 1.29 is 23.6 Å². The van der Waals surface area contributed by atoms with Gasteiger partial charge in [-0.25, -0.2) is 4.90 Å². The van der Waals surface area contributed by atoms with Crippen LogP contribution in [0.3, 0.4) is 0 Å². The fourth-order valence-corrected chi connectivity index (χ4v) is 7.85. The van der Waals surface area contributed by atoms with Gasteiger partial charge in [0, 0.05) is 23.2 Å². The summed E-state index contributed by atoms with van der Waals surface area (Å²) in [5.41, 5.74) is 4.19. The molecule has 2 saturated heterocycles. The molecule has 2 aliphatic rings. The normalized spacial score (nSPS) is 18.1. The van der Waals surface area contributed by atoms with Gasteiger partial charge in [-0.15, -0.1) is 0 Å². The molecule has 0 bridgehead atoms. The molecule has 4 amide bonds. The number of rotatable bonds is 11. The fourth-order valence-electron chi connectivity index (χ4n) is 7.85. The number of furan rings is 1. The Morgan fingerprint density at radius 1 is 0.764 bits per heavy atom. The van der Waals surface area contributed by atoms with Crippen molar-refractivity contribution in [1.82, 2.24) is 20.0 Å². The van der Waals surface area contributed by atoms with E-state index in [1.54, 1.807) is 23.1 Å². The smallest absolute Gasteiger partial charge is 0.255 e. The van der Waals surface area contributed by atoms with E-state index in [1.807, 2.05) is 129 Å². The maximum atomic E-state index is 14.3. The van der Waals surface area contributed by atoms with Gasteiger partial charge >= 0.3 is 0 Å². The summed E-state index contributed by atoms with van der Waals surface area (Å²) in [5.74, 6) is -0.295. The maximum absolute atomic E-state index is 14.3. The van der Waals surface area contributed by atoms with Crippen LogP contribution in [0.4, 0.5) is 11.4 Å². The highest BCUT2D eigenvalue weighted by Crippen LogP contribution is 2.33. The van der Waals surface area contributed by atoms with Crippen molar-refractivity contribution in [3.8, 4) is 11.3 Å². The zero-order chi connectivity index (χ0) is 38.6. The summed E-state index contributed by atoms with van der Waals surface area (Å²) >= 11 is 0. The number of hydrogen-bond acceptors (Lipinski definition) is 8. The lowest BCUT2D eigenvalue weighted by molar-refractivity contribution is -0.140. The molecule has 4 atom stereocenters. The average Bonchev–Trinajstić information content (AvgIpc) is 3.98. The van der Waals surface area contributed by atoms with Crippen molar-refractivity contribution >= 4 is 46.0 Å². The van der Waals surface area contributed by atoms with Gasteiger partial charge in [0.1, 0.15) is 29.5 Å². The third-order valence-corrected chi connectivity index (χ3v) is 10.6. The molecule has 284 valence electrons. The molecule has 2 fully saturated rings. The lowest BCUT2D eigenvalue weighted by Gasteiger charge is -2.31. The van der Waals surface area contributed by atoms with E-state index in [0.717, 1.165) is 41.5 Å². The Morgan fingerprint density at radius 3 is 2.04 bits per heavy atom. The van der Waals surface area contributed by atoms with Crippen LogP contribution in [0.15, 0.2) is 114 Å². The van der Waals surface area contributed by atoms with Crippen LogP contribution in [-0.2, 0) is 19.2 Å². The lowest BCUT2D eigenvalue weighted by Crippen LogP contribution is -2.50. The van der Waals surface area contributed by atoms with E-state index in [1.165, 1.54) is 4.90 Å². The molecule has 5 aromatic rings. The predicted molar refractivity (Wildman–Crippen MR) is 214 cm³/mol. The molecule has 0 unspecified atom stereocenters. The van der Waals surface area contributed by atoms with Crippen molar-refractivity contribution in [2.45, 2.75) is 49.9 Å². The molecule has 7 rings (SSSR count). The molecule has 0 spiro atoms. The first-order chi connectivity index (χ1) is 26.6. The van der Waals surface area contributed by atoms with E-state index in [9.17, 15) is 19.2 Å². The molecule has 2 N–H and O–H groups in total. The van der Waals surface area contributed by atoms with E-state index in [0.29, 0.717) is 42.1 Å². The number of anilines is 2. The second-order valence-electron chi connectivity index (χ2n) is 14.8. The lowest BCUT2D eigenvalue weighted by atomic mass is 10.0. The highest BCUT2D eigenvalue weighted by atomic mass is 16.3. The number of benzene rings is 4. The van der Waals surface area contributed by atoms with Gasteiger partial charge in [-0.05, 0) is 120 Å². The van der Waals surface area contributed by atoms with Crippen LogP contribution >= 0.6 is 0 Å².